The molecule has 2 aliphatic rings. The molecule has 0 aromatic carbocycles. The van der Waals surface area contributed by atoms with Crippen molar-refractivity contribution in [1.29, 1.82) is 0 Å². The summed E-state index contributed by atoms with van der Waals surface area (Å²) in [7, 11) is 0. The van der Waals surface area contributed by atoms with Gasteiger partial charge in [-0.15, -0.1) is 0 Å². The number of rotatable bonds is 1. The van der Waals surface area contributed by atoms with E-state index in [0.717, 1.165) is 32.2 Å². The third-order valence-corrected chi connectivity index (χ3v) is 2.74. The Morgan fingerprint density at radius 3 is 2.42 bits per heavy atom. The van der Waals surface area contributed by atoms with Crippen molar-refractivity contribution in [2.75, 3.05) is 6.54 Å². The van der Waals surface area contributed by atoms with Gasteiger partial charge >= 0.3 is 6.16 Å². The molecule has 0 aromatic heterocycles. The minimum atomic E-state index is -0.553. The van der Waals surface area contributed by atoms with E-state index >= 15 is 0 Å². The van der Waals surface area contributed by atoms with Gasteiger partial charge in [0.1, 0.15) is 0 Å². The van der Waals surface area contributed by atoms with Gasteiger partial charge in [0.2, 0.25) is 0 Å². The van der Waals surface area contributed by atoms with E-state index in [9.17, 15) is 4.79 Å². The van der Waals surface area contributed by atoms with Crippen LogP contribution in [0.25, 0.3) is 0 Å². The maximum Gasteiger partial charge on any atom is 0.514 e. The Labute approximate surface area is 71.0 Å². The number of ether oxygens (including phenoxy) is 2. The Bertz CT molecular complexity index is 186. The Morgan fingerprint density at radius 1 is 1.42 bits per heavy atom. The lowest BCUT2D eigenvalue weighted by Gasteiger charge is -2.43. The molecule has 1 aliphatic heterocycles. The lowest BCUT2D eigenvalue weighted by molar-refractivity contribution is -0.286. The third kappa shape index (κ3) is 1.16. The highest BCUT2D eigenvalue weighted by atomic mass is 16.9. The summed E-state index contributed by atoms with van der Waals surface area (Å²) in [6, 6.07) is 0. The summed E-state index contributed by atoms with van der Waals surface area (Å²) in [6.45, 7) is 0.726. The molecule has 1 aliphatic carbocycles. The van der Waals surface area contributed by atoms with Crippen molar-refractivity contribution in [3.8, 4) is 0 Å². The van der Waals surface area contributed by atoms with Crippen LogP contribution >= 0.6 is 0 Å². The molecule has 2 rings (SSSR count). The molecule has 2 fully saturated rings. The van der Waals surface area contributed by atoms with E-state index in [0.29, 0.717) is 5.92 Å². The van der Waals surface area contributed by atoms with Crippen molar-refractivity contribution in [3.05, 3.63) is 0 Å². The van der Waals surface area contributed by atoms with Crippen LogP contribution in [0.5, 0.6) is 0 Å². The SMILES string of the molecule is NCC1CCC2(CC1)OC(=O)O2. The van der Waals surface area contributed by atoms with E-state index in [1.165, 1.54) is 0 Å². The van der Waals surface area contributed by atoms with Crippen LogP contribution in [0.15, 0.2) is 0 Å². The summed E-state index contributed by atoms with van der Waals surface area (Å²) >= 11 is 0. The monoisotopic (exact) mass is 171 g/mol. The zero-order valence-corrected chi connectivity index (χ0v) is 6.91. The fourth-order valence-corrected chi connectivity index (χ4v) is 1.87. The Kier molecular flexibility index (Phi) is 1.72. The Hall–Kier alpha value is -0.770. The highest BCUT2D eigenvalue weighted by Gasteiger charge is 2.50. The normalized spacial score (nSPS) is 27.6. The van der Waals surface area contributed by atoms with Crippen LogP contribution in [0, 0.1) is 5.92 Å². The zero-order valence-electron chi connectivity index (χ0n) is 6.91. The maximum absolute atomic E-state index is 10.5. The molecule has 68 valence electrons. The summed E-state index contributed by atoms with van der Waals surface area (Å²) in [5.74, 6) is 0.0291. The first kappa shape index (κ1) is 7.86. The second-order valence-electron chi connectivity index (χ2n) is 3.54. The van der Waals surface area contributed by atoms with E-state index in [1.807, 2.05) is 0 Å². The van der Waals surface area contributed by atoms with Gasteiger partial charge in [-0.3, -0.25) is 0 Å². The minimum absolute atomic E-state index is 0.527. The van der Waals surface area contributed by atoms with Crippen molar-refractivity contribution in [2.24, 2.45) is 11.7 Å². The van der Waals surface area contributed by atoms with Gasteiger partial charge in [0.05, 0.1) is 0 Å². The van der Waals surface area contributed by atoms with E-state index in [1.54, 1.807) is 0 Å². The van der Waals surface area contributed by atoms with Gasteiger partial charge in [0, 0.05) is 12.8 Å². The summed E-state index contributed by atoms with van der Waals surface area (Å²) in [5.41, 5.74) is 5.53. The number of hydrogen-bond acceptors (Lipinski definition) is 4. The molecule has 0 unspecified atom stereocenters. The standard InChI is InChI=1S/C8H13NO3/c9-5-6-1-3-8(4-2-6)11-7(10)12-8/h6H,1-5,9H2. The van der Waals surface area contributed by atoms with Gasteiger partial charge in [0.15, 0.2) is 0 Å². The highest BCUT2D eigenvalue weighted by Crippen LogP contribution is 2.40. The zero-order chi connectivity index (χ0) is 8.60. The number of hydrogen-bond donors (Lipinski definition) is 1. The van der Waals surface area contributed by atoms with Crippen LogP contribution in [0.3, 0.4) is 0 Å². The molecule has 12 heavy (non-hydrogen) atoms. The minimum Gasteiger partial charge on any atom is -0.391 e. The molecular formula is C8H13NO3. The first-order valence-corrected chi connectivity index (χ1v) is 4.36. The maximum atomic E-state index is 10.5. The van der Waals surface area contributed by atoms with Crippen molar-refractivity contribution in [3.63, 3.8) is 0 Å². The smallest absolute Gasteiger partial charge is 0.391 e. The average molecular weight is 171 g/mol. The van der Waals surface area contributed by atoms with Crippen molar-refractivity contribution >= 4 is 6.16 Å². The fraction of sp³-hybridized carbons (Fsp3) is 0.875. The van der Waals surface area contributed by atoms with Crippen LogP contribution in [-0.4, -0.2) is 18.5 Å². The summed E-state index contributed by atoms with van der Waals surface area (Å²) < 4.78 is 9.92. The fourth-order valence-electron chi connectivity index (χ4n) is 1.87. The molecule has 0 bridgehead atoms. The van der Waals surface area contributed by atoms with Crippen LogP contribution in [0.4, 0.5) is 4.79 Å². The van der Waals surface area contributed by atoms with Gasteiger partial charge < -0.3 is 15.2 Å². The second kappa shape index (κ2) is 2.62. The Morgan fingerprint density at radius 2 is 2.00 bits per heavy atom. The predicted octanol–water partition coefficient (Wildman–Crippen LogP) is 0.998. The third-order valence-electron chi connectivity index (χ3n) is 2.74. The average Bonchev–Trinajstić information content (AvgIpc) is 2.04. The largest absolute Gasteiger partial charge is 0.514 e. The van der Waals surface area contributed by atoms with E-state index in [4.69, 9.17) is 15.2 Å². The van der Waals surface area contributed by atoms with Gasteiger partial charge in [-0.05, 0) is 25.3 Å². The first-order chi connectivity index (χ1) is 5.74. The molecule has 1 spiro atoms. The number of nitrogens with two attached hydrogens (primary N) is 1. The second-order valence-corrected chi connectivity index (χ2v) is 3.54. The topological polar surface area (TPSA) is 61.5 Å². The molecule has 2 N–H and O–H groups in total. The molecule has 0 amide bonds. The van der Waals surface area contributed by atoms with E-state index in [2.05, 4.69) is 0 Å². The number of carbonyl (C=O) groups excluding carboxylic acids is 1. The predicted molar refractivity (Wildman–Crippen MR) is 41.3 cm³/mol. The van der Waals surface area contributed by atoms with Crippen molar-refractivity contribution < 1.29 is 14.3 Å². The molecule has 1 heterocycles. The van der Waals surface area contributed by atoms with Gasteiger partial charge in [-0.2, -0.15) is 0 Å². The molecule has 0 radical (unpaired) electrons. The lowest BCUT2D eigenvalue weighted by atomic mass is 9.84. The molecule has 0 atom stereocenters. The highest BCUT2D eigenvalue weighted by molar-refractivity contribution is 5.65. The molecule has 1 saturated carbocycles. The summed E-state index contributed by atoms with van der Waals surface area (Å²) in [4.78, 5) is 10.5. The van der Waals surface area contributed by atoms with E-state index in [-0.39, 0.29) is 0 Å². The van der Waals surface area contributed by atoms with Crippen LogP contribution < -0.4 is 5.73 Å². The van der Waals surface area contributed by atoms with Gasteiger partial charge in [-0.25, -0.2) is 4.79 Å². The summed E-state index contributed by atoms with van der Waals surface area (Å²) in [6.07, 6.45) is 3.09. The molecule has 1 saturated heterocycles. The Balaban J connectivity index is 1.86. The van der Waals surface area contributed by atoms with Crippen LogP contribution in [0.1, 0.15) is 25.7 Å². The summed E-state index contributed by atoms with van der Waals surface area (Å²) in [5, 5.41) is 0. The van der Waals surface area contributed by atoms with Gasteiger partial charge in [-0.1, -0.05) is 0 Å². The molecule has 0 aromatic rings. The quantitative estimate of drug-likeness (QED) is 0.598. The molecular weight excluding hydrogens is 158 g/mol. The molecule has 4 nitrogen and oxygen atoms in total. The van der Waals surface area contributed by atoms with Crippen molar-refractivity contribution in [1.82, 2.24) is 0 Å². The van der Waals surface area contributed by atoms with Gasteiger partial charge in [0.25, 0.3) is 5.79 Å². The van der Waals surface area contributed by atoms with Crippen LogP contribution in [-0.2, 0) is 9.47 Å². The number of carbonyl (C=O) groups is 1. The van der Waals surface area contributed by atoms with E-state index < -0.39 is 11.9 Å². The lowest BCUT2D eigenvalue weighted by Crippen LogP contribution is -2.52. The van der Waals surface area contributed by atoms with Crippen LogP contribution in [0.2, 0.25) is 0 Å². The van der Waals surface area contributed by atoms with Crippen molar-refractivity contribution in [2.45, 2.75) is 31.5 Å². The first-order valence-electron chi connectivity index (χ1n) is 4.36. The molecule has 4 heteroatoms.